The van der Waals surface area contributed by atoms with Gasteiger partial charge in [-0.05, 0) is 36.5 Å². The molecule has 0 radical (unpaired) electrons. The number of fused-ring (bicyclic) bond motifs is 1. The number of hydrogen-bond acceptors (Lipinski definition) is 0. The van der Waals surface area contributed by atoms with Gasteiger partial charge in [-0.25, -0.2) is 0 Å². The van der Waals surface area contributed by atoms with E-state index in [1.54, 1.807) is 0 Å². The molecule has 0 aliphatic carbocycles. The van der Waals surface area contributed by atoms with Gasteiger partial charge in [0.2, 0.25) is 0 Å². The first-order chi connectivity index (χ1) is 6.77. The number of rotatable bonds is 3. The highest BCUT2D eigenvalue weighted by Gasteiger charge is 2.02. The average Bonchev–Trinajstić information content (AvgIpc) is 2.62. The number of aryl methyl sites for hydroxylation is 1. The second-order valence-corrected chi connectivity index (χ2v) is 4.29. The highest BCUT2D eigenvalue weighted by Crippen LogP contribution is 2.19. The van der Waals surface area contributed by atoms with Gasteiger partial charge >= 0.3 is 0 Å². The molecule has 0 aliphatic rings. The molecule has 0 atom stereocenters. The lowest BCUT2D eigenvalue weighted by molar-refractivity contribution is 0.588. The largest absolute Gasteiger partial charge is 0.361 e. The molecule has 1 aromatic carbocycles. The van der Waals surface area contributed by atoms with Crippen LogP contribution in [0.2, 0.25) is 0 Å². The van der Waals surface area contributed by atoms with Gasteiger partial charge in [-0.2, -0.15) is 0 Å². The Morgan fingerprint density at radius 3 is 2.86 bits per heavy atom. The molecule has 74 valence electrons. The van der Waals surface area contributed by atoms with Crippen molar-refractivity contribution in [3.05, 3.63) is 36.0 Å². The summed E-state index contributed by atoms with van der Waals surface area (Å²) in [4.78, 5) is 3.25. The minimum absolute atomic E-state index is 0.782. The second kappa shape index (κ2) is 3.87. The first kappa shape index (κ1) is 9.32. The summed E-state index contributed by atoms with van der Waals surface area (Å²) in [5.41, 5.74) is 2.73. The zero-order chi connectivity index (χ0) is 9.97. The molecule has 0 fully saturated rings. The smallest absolute Gasteiger partial charge is 0.0456 e. The van der Waals surface area contributed by atoms with Gasteiger partial charge in [0.25, 0.3) is 0 Å². The van der Waals surface area contributed by atoms with Crippen molar-refractivity contribution in [2.75, 3.05) is 0 Å². The van der Waals surface area contributed by atoms with E-state index >= 15 is 0 Å². The molecule has 0 amide bonds. The Hall–Kier alpha value is -1.24. The minimum Gasteiger partial charge on any atom is -0.361 e. The van der Waals surface area contributed by atoms with E-state index in [0.717, 1.165) is 5.92 Å². The summed E-state index contributed by atoms with van der Waals surface area (Å²) in [5, 5.41) is 1.38. The quantitative estimate of drug-likeness (QED) is 0.753. The molecule has 0 spiro atoms. The Morgan fingerprint density at radius 1 is 1.21 bits per heavy atom. The molecule has 0 saturated heterocycles. The molecule has 2 aromatic rings. The van der Waals surface area contributed by atoms with Gasteiger partial charge in [0.15, 0.2) is 0 Å². The van der Waals surface area contributed by atoms with Gasteiger partial charge in [0.1, 0.15) is 0 Å². The van der Waals surface area contributed by atoms with Crippen LogP contribution < -0.4 is 0 Å². The van der Waals surface area contributed by atoms with Crippen LogP contribution in [0.4, 0.5) is 0 Å². The standard InChI is InChI=1S/C13H17N/c1-10(2)6-7-11-4-3-5-13-12(11)8-9-14-13/h3-5,8-10,14H,6-7H2,1-2H3. The van der Waals surface area contributed by atoms with Gasteiger partial charge in [0.05, 0.1) is 0 Å². The highest BCUT2D eigenvalue weighted by molar-refractivity contribution is 5.82. The summed E-state index contributed by atoms with van der Waals surface area (Å²) in [6, 6.07) is 8.67. The monoisotopic (exact) mass is 187 g/mol. The number of benzene rings is 1. The number of hydrogen-bond donors (Lipinski definition) is 1. The highest BCUT2D eigenvalue weighted by atomic mass is 14.7. The Balaban J connectivity index is 2.27. The first-order valence-electron chi connectivity index (χ1n) is 5.32. The number of aromatic nitrogens is 1. The Bertz CT molecular complexity index is 412. The molecule has 1 heterocycles. The normalized spacial score (nSPS) is 11.4. The third-order valence-electron chi connectivity index (χ3n) is 2.68. The van der Waals surface area contributed by atoms with Crippen LogP contribution in [-0.4, -0.2) is 4.98 Å². The van der Waals surface area contributed by atoms with Gasteiger partial charge in [-0.15, -0.1) is 0 Å². The third kappa shape index (κ3) is 1.82. The van der Waals surface area contributed by atoms with Crippen LogP contribution in [-0.2, 0) is 6.42 Å². The van der Waals surface area contributed by atoms with E-state index in [-0.39, 0.29) is 0 Å². The van der Waals surface area contributed by atoms with E-state index in [9.17, 15) is 0 Å². The van der Waals surface area contributed by atoms with Gasteiger partial charge in [-0.3, -0.25) is 0 Å². The molecule has 1 nitrogen and oxygen atoms in total. The summed E-state index contributed by atoms with van der Waals surface area (Å²) in [7, 11) is 0. The van der Waals surface area contributed by atoms with Gasteiger partial charge in [-0.1, -0.05) is 26.0 Å². The number of H-pyrrole nitrogens is 1. The summed E-state index contributed by atoms with van der Waals surface area (Å²) in [6.07, 6.45) is 4.47. The van der Waals surface area contributed by atoms with E-state index < -0.39 is 0 Å². The minimum atomic E-state index is 0.782. The maximum Gasteiger partial charge on any atom is 0.0456 e. The predicted octanol–water partition coefficient (Wildman–Crippen LogP) is 3.76. The van der Waals surface area contributed by atoms with Crippen LogP contribution in [0, 0.1) is 5.92 Å². The van der Waals surface area contributed by atoms with Crippen molar-refractivity contribution in [1.82, 2.24) is 4.98 Å². The molecule has 1 heteroatoms. The van der Waals surface area contributed by atoms with Crippen LogP contribution in [0.3, 0.4) is 0 Å². The number of aromatic amines is 1. The summed E-state index contributed by atoms with van der Waals surface area (Å²) >= 11 is 0. The van der Waals surface area contributed by atoms with Crippen molar-refractivity contribution in [1.29, 1.82) is 0 Å². The Morgan fingerprint density at radius 2 is 2.07 bits per heavy atom. The van der Waals surface area contributed by atoms with E-state index in [0.29, 0.717) is 0 Å². The van der Waals surface area contributed by atoms with E-state index in [1.807, 2.05) is 6.20 Å². The van der Waals surface area contributed by atoms with E-state index in [2.05, 4.69) is 43.1 Å². The van der Waals surface area contributed by atoms with Crippen molar-refractivity contribution in [2.45, 2.75) is 26.7 Å². The molecule has 14 heavy (non-hydrogen) atoms. The predicted molar refractivity (Wildman–Crippen MR) is 61.5 cm³/mol. The Labute approximate surface area is 85.1 Å². The van der Waals surface area contributed by atoms with Crippen molar-refractivity contribution in [3.8, 4) is 0 Å². The molecule has 1 N–H and O–H groups in total. The SMILES string of the molecule is CC(C)CCc1cccc2[nH]ccc12. The molecule has 0 bridgehead atoms. The molecule has 0 saturated carbocycles. The lowest BCUT2D eigenvalue weighted by Crippen LogP contribution is -1.92. The molecule has 2 rings (SSSR count). The van der Waals surface area contributed by atoms with Crippen LogP contribution >= 0.6 is 0 Å². The molecule has 1 aromatic heterocycles. The van der Waals surface area contributed by atoms with Crippen LogP contribution in [0.15, 0.2) is 30.5 Å². The van der Waals surface area contributed by atoms with Gasteiger partial charge < -0.3 is 4.98 Å². The zero-order valence-corrected chi connectivity index (χ0v) is 8.88. The lowest BCUT2D eigenvalue weighted by atomic mass is 10.0. The van der Waals surface area contributed by atoms with E-state index in [1.165, 1.54) is 29.3 Å². The fourth-order valence-corrected chi connectivity index (χ4v) is 1.81. The second-order valence-electron chi connectivity index (χ2n) is 4.29. The fraction of sp³-hybridized carbons (Fsp3) is 0.385. The maximum absolute atomic E-state index is 3.25. The summed E-state index contributed by atoms with van der Waals surface area (Å²) in [5.74, 6) is 0.782. The fourth-order valence-electron chi connectivity index (χ4n) is 1.81. The van der Waals surface area contributed by atoms with Crippen molar-refractivity contribution < 1.29 is 0 Å². The summed E-state index contributed by atoms with van der Waals surface area (Å²) in [6.45, 7) is 4.55. The van der Waals surface area contributed by atoms with Crippen LogP contribution in [0.25, 0.3) is 10.9 Å². The maximum atomic E-state index is 3.25. The van der Waals surface area contributed by atoms with Gasteiger partial charge in [0, 0.05) is 17.1 Å². The third-order valence-corrected chi connectivity index (χ3v) is 2.68. The average molecular weight is 187 g/mol. The molecular weight excluding hydrogens is 170 g/mol. The zero-order valence-electron chi connectivity index (χ0n) is 8.88. The summed E-state index contributed by atoms with van der Waals surface area (Å²) < 4.78 is 0. The van der Waals surface area contributed by atoms with Crippen molar-refractivity contribution in [2.24, 2.45) is 5.92 Å². The Kier molecular flexibility index (Phi) is 2.58. The van der Waals surface area contributed by atoms with Crippen LogP contribution in [0.1, 0.15) is 25.8 Å². The van der Waals surface area contributed by atoms with Crippen LogP contribution in [0.5, 0.6) is 0 Å². The van der Waals surface area contributed by atoms with Crippen molar-refractivity contribution in [3.63, 3.8) is 0 Å². The van der Waals surface area contributed by atoms with E-state index in [4.69, 9.17) is 0 Å². The molecule has 0 aliphatic heterocycles. The lowest BCUT2D eigenvalue weighted by Gasteiger charge is -2.05. The topological polar surface area (TPSA) is 15.8 Å². The number of nitrogens with one attached hydrogen (secondary N) is 1. The molecule has 0 unspecified atom stereocenters. The first-order valence-corrected chi connectivity index (χ1v) is 5.32. The van der Waals surface area contributed by atoms with Crippen molar-refractivity contribution >= 4 is 10.9 Å². The molecular formula is C13H17N.